The Morgan fingerprint density at radius 3 is 3.07 bits per heavy atom. The molecule has 0 bridgehead atoms. The highest BCUT2D eigenvalue weighted by Crippen LogP contribution is 1.94. The van der Waals surface area contributed by atoms with E-state index in [1.165, 1.54) is 7.05 Å². The SMILES string of the molecule is CN=C(C[N+](=O)[O-])NCc1cccnc1. The van der Waals surface area contributed by atoms with Gasteiger partial charge in [-0.05, 0) is 11.6 Å². The molecule has 80 valence electrons. The molecule has 6 nitrogen and oxygen atoms in total. The summed E-state index contributed by atoms with van der Waals surface area (Å²) in [6.07, 6.45) is 3.38. The molecule has 0 aliphatic carbocycles. The van der Waals surface area contributed by atoms with Crippen molar-refractivity contribution < 1.29 is 4.92 Å². The van der Waals surface area contributed by atoms with Crippen LogP contribution in [0.4, 0.5) is 0 Å². The van der Waals surface area contributed by atoms with Gasteiger partial charge < -0.3 is 5.32 Å². The number of hydrogen-bond acceptors (Lipinski definition) is 4. The van der Waals surface area contributed by atoms with Gasteiger partial charge in [-0.2, -0.15) is 0 Å². The lowest BCUT2D eigenvalue weighted by molar-refractivity contribution is -0.463. The third-order valence-electron chi connectivity index (χ3n) is 1.77. The number of amidine groups is 1. The van der Waals surface area contributed by atoms with Gasteiger partial charge in [0.25, 0.3) is 6.54 Å². The molecule has 1 rings (SSSR count). The van der Waals surface area contributed by atoms with Gasteiger partial charge in [-0.3, -0.25) is 20.1 Å². The molecule has 0 atom stereocenters. The van der Waals surface area contributed by atoms with Crippen molar-refractivity contribution in [3.63, 3.8) is 0 Å². The monoisotopic (exact) mass is 208 g/mol. The number of pyridine rings is 1. The molecule has 0 saturated carbocycles. The second-order valence-electron chi connectivity index (χ2n) is 2.88. The molecule has 0 saturated heterocycles. The third kappa shape index (κ3) is 4.17. The van der Waals surface area contributed by atoms with Crippen LogP contribution in [-0.4, -0.2) is 29.3 Å². The molecule has 0 fully saturated rings. The number of nitro groups is 1. The molecule has 0 aliphatic rings. The van der Waals surface area contributed by atoms with Crippen molar-refractivity contribution in [3.05, 3.63) is 40.2 Å². The molecule has 1 aromatic heterocycles. The summed E-state index contributed by atoms with van der Waals surface area (Å²) in [6, 6.07) is 3.70. The molecular formula is C9H12N4O2. The maximum Gasteiger partial charge on any atom is 0.259 e. The molecular weight excluding hydrogens is 196 g/mol. The minimum absolute atomic E-state index is 0.281. The first-order valence-electron chi connectivity index (χ1n) is 4.42. The average Bonchev–Trinajstić information content (AvgIpc) is 2.25. The summed E-state index contributed by atoms with van der Waals surface area (Å²) in [5.41, 5.74) is 0.960. The van der Waals surface area contributed by atoms with E-state index >= 15 is 0 Å². The smallest absolute Gasteiger partial charge is 0.259 e. The molecule has 0 amide bonds. The predicted octanol–water partition coefficient (Wildman–Crippen LogP) is 0.476. The van der Waals surface area contributed by atoms with Gasteiger partial charge in [0.1, 0.15) is 0 Å². The van der Waals surface area contributed by atoms with Crippen LogP contribution in [0.1, 0.15) is 5.56 Å². The Hall–Kier alpha value is -1.98. The fourth-order valence-electron chi connectivity index (χ4n) is 1.03. The van der Waals surface area contributed by atoms with Gasteiger partial charge in [0.2, 0.25) is 0 Å². The molecule has 0 spiro atoms. The van der Waals surface area contributed by atoms with Crippen molar-refractivity contribution in [2.24, 2.45) is 4.99 Å². The lowest BCUT2D eigenvalue weighted by Crippen LogP contribution is -2.29. The molecule has 1 heterocycles. The van der Waals surface area contributed by atoms with Gasteiger partial charge in [-0.25, -0.2) is 0 Å². The molecule has 0 unspecified atom stereocenters. The average molecular weight is 208 g/mol. The van der Waals surface area contributed by atoms with E-state index in [1.54, 1.807) is 12.4 Å². The lowest BCUT2D eigenvalue weighted by atomic mass is 10.3. The summed E-state index contributed by atoms with van der Waals surface area (Å²) in [5.74, 6) is 0.365. The van der Waals surface area contributed by atoms with Crippen LogP contribution in [0.25, 0.3) is 0 Å². The molecule has 1 aromatic rings. The first-order chi connectivity index (χ1) is 7.22. The topological polar surface area (TPSA) is 80.4 Å². The molecule has 0 aliphatic heterocycles. The number of nitrogens with one attached hydrogen (secondary N) is 1. The van der Waals surface area contributed by atoms with Gasteiger partial charge in [0.15, 0.2) is 5.84 Å². The highest BCUT2D eigenvalue weighted by molar-refractivity contribution is 5.82. The summed E-state index contributed by atoms with van der Waals surface area (Å²) >= 11 is 0. The summed E-state index contributed by atoms with van der Waals surface area (Å²) < 4.78 is 0. The molecule has 6 heteroatoms. The van der Waals surface area contributed by atoms with E-state index in [1.807, 2.05) is 12.1 Å². The van der Waals surface area contributed by atoms with Crippen LogP contribution in [-0.2, 0) is 6.54 Å². The van der Waals surface area contributed by atoms with Crippen LogP contribution < -0.4 is 5.32 Å². The number of aromatic nitrogens is 1. The summed E-state index contributed by atoms with van der Waals surface area (Å²) in [5, 5.41) is 13.1. The van der Waals surface area contributed by atoms with Crippen LogP contribution in [0, 0.1) is 10.1 Å². The normalized spacial score (nSPS) is 11.1. The maximum atomic E-state index is 10.3. The van der Waals surface area contributed by atoms with E-state index in [2.05, 4.69) is 15.3 Å². The standard InChI is InChI=1S/C9H12N4O2/c1-10-9(7-13(14)15)12-6-8-3-2-4-11-5-8/h2-5H,6-7H2,1H3,(H,10,12). The number of hydrogen-bond donors (Lipinski definition) is 1. The molecule has 15 heavy (non-hydrogen) atoms. The summed E-state index contributed by atoms with van der Waals surface area (Å²) in [7, 11) is 1.52. The Balaban J connectivity index is 2.45. The Bertz CT molecular complexity index is 350. The number of aliphatic imine (C=N–C) groups is 1. The van der Waals surface area contributed by atoms with E-state index in [0.29, 0.717) is 12.4 Å². The van der Waals surface area contributed by atoms with E-state index < -0.39 is 4.92 Å². The van der Waals surface area contributed by atoms with E-state index in [9.17, 15) is 10.1 Å². The minimum Gasteiger partial charge on any atom is -0.364 e. The van der Waals surface area contributed by atoms with Crippen molar-refractivity contribution in [2.45, 2.75) is 6.54 Å². The second-order valence-corrected chi connectivity index (χ2v) is 2.88. The van der Waals surface area contributed by atoms with Crippen LogP contribution in [0.3, 0.4) is 0 Å². The van der Waals surface area contributed by atoms with Gasteiger partial charge in [-0.15, -0.1) is 0 Å². The zero-order chi connectivity index (χ0) is 11.1. The maximum absolute atomic E-state index is 10.3. The van der Waals surface area contributed by atoms with Crippen molar-refractivity contribution in [3.8, 4) is 0 Å². The van der Waals surface area contributed by atoms with Gasteiger partial charge in [0, 0.05) is 30.9 Å². The summed E-state index contributed by atoms with van der Waals surface area (Å²) in [4.78, 5) is 17.6. The van der Waals surface area contributed by atoms with Gasteiger partial charge >= 0.3 is 0 Å². The number of nitrogens with zero attached hydrogens (tertiary/aromatic N) is 3. The Morgan fingerprint density at radius 2 is 2.53 bits per heavy atom. The highest BCUT2D eigenvalue weighted by Gasteiger charge is 2.05. The Kier molecular flexibility index (Phi) is 4.21. The van der Waals surface area contributed by atoms with Crippen LogP contribution in [0.15, 0.2) is 29.5 Å². The predicted molar refractivity (Wildman–Crippen MR) is 56.3 cm³/mol. The summed E-state index contributed by atoms with van der Waals surface area (Å²) in [6.45, 7) is 0.213. The van der Waals surface area contributed by atoms with Crippen molar-refractivity contribution >= 4 is 5.84 Å². The van der Waals surface area contributed by atoms with Crippen LogP contribution in [0.2, 0.25) is 0 Å². The minimum atomic E-state index is -0.418. The third-order valence-corrected chi connectivity index (χ3v) is 1.77. The van der Waals surface area contributed by atoms with Crippen LogP contribution in [0.5, 0.6) is 0 Å². The van der Waals surface area contributed by atoms with Crippen molar-refractivity contribution in [1.82, 2.24) is 10.3 Å². The quantitative estimate of drug-likeness (QED) is 0.337. The first-order valence-corrected chi connectivity index (χ1v) is 4.42. The first kappa shape index (κ1) is 11.1. The fourth-order valence-corrected chi connectivity index (χ4v) is 1.03. The second kappa shape index (κ2) is 5.69. The molecule has 0 radical (unpaired) electrons. The Morgan fingerprint density at radius 1 is 1.73 bits per heavy atom. The number of rotatable bonds is 4. The van der Waals surface area contributed by atoms with Crippen LogP contribution >= 0.6 is 0 Å². The van der Waals surface area contributed by atoms with E-state index in [4.69, 9.17) is 0 Å². The van der Waals surface area contributed by atoms with Crippen molar-refractivity contribution in [2.75, 3.05) is 13.6 Å². The zero-order valence-corrected chi connectivity index (χ0v) is 8.38. The largest absolute Gasteiger partial charge is 0.364 e. The highest BCUT2D eigenvalue weighted by atomic mass is 16.6. The zero-order valence-electron chi connectivity index (χ0n) is 8.38. The van der Waals surface area contributed by atoms with E-state index in [-0.39, 0.29) is 6.54 Å². The van der Waals surface area contributed by atoms with Gasteiger partial charge in [0.05, 0.1) is 0 Å². The fraction of sp³-hybridized carbons (Fsp3) is 0.333. The molecule has 0 aromatic carbocycles. The lowest BCUT2D eigenvalue weighted by Gasteiger charge is -2.05. The van der Waals surface area contributed by atoms with Gasteiger partial charge in [-0.1, -0.05) is 6.07 Å². The van der Waals surface area contributed by atoms with Crippen molar-refractivity contribution in [1.29, 1.82) is 0 Å². The molecule has 1 N–H and O–H groups in total. The van der Waals surface area contributed by atoms with E-state index in [0.717, 1.165) is 5.56 Å². The Labute approximate surface area is 87.2 Å².